The topological polar surface area (TPSA) is 84.0 Å². The number of benzene rings is 1. The average Bonchev–Trinajstić information content (AvgIpc) is 3.35. The third-order valence-electron chi connectivity index (χ3n) is 5.57. The van der Waals surface area contributed by atoms with Gasteiger partial charge in [0.25, 0.3) is 0 Å². The zero-order chi connectivity index (χ0) is 23.4. The first-order valence-electron chi connectivity index (χ1n) is 10.4. The summed E-state index contributed by atoms with van der Waals surface area (Å²) in [5, 5.41) is 0. The molecule has 3 heterocycles. The summed E-state index contributed by atoms with van der Waals surface area (Å²) in [6.45, 7) is 0.833. The number of carbonyl (C=O) groups is 1. The SMILES string of the molecule is COc1cccc(-c2cnc(C(F)(F)F)nc2C2CCN(C(=O)/C=C/c3cnc[nH]3)CC2)c1. The maximum Gasteiger partial charge on any atom is 0.451 e. The van der Waals surface area contributed by atoms with Crippen LogP contribution in [-0.4, -0.2) is 50.9 Å². The molecule has 0 saturated carbocycles. The van der Waals surface area contributed by atoms with Gasteiger partial charge in [-0.25, -0.2) is 15.0 Å². The van der Waals surface area contributed by atoms with Crippen LogP contribution in [0, 0.1) is 0 Å². The van der Waals surface area contributed by atoms with E-state index in [1.165, 1.54) is 25.7 Å². The van der Waals surface area contributed by atoms with Gasteiger partial charge in [-0.2, -0.15) is 13.2 Å². The molecule has 172 valence electrons. The van der Waals surface area contributed by atoms with Crippen molar-refractivity contribution in [3.63, 3.8) is 0 Å². The summed E-state index contributed by atoms with van der Waals surface area (Å²) in [5.41, 5.74) is 2.26. The maximum absolute atomic E-state index is 13.3. The van der Waals surface area contributed by atoms with Gasteiger partial charge in [-0.05, 0) is 36.6 Å². The van der Waals surface area contributed by atoms with Crippen LogP contribution in [0.4, 0.5) is 13.2 Å². The number of nitrogens with one attached hydrogen (secondary N) is 1. The maximum atomic E-state index is 13.3. The molecule has 0 aliphatic carbocycles. The second kappa shape index (κ2) is 9.43. The van der Waals surface area contributed by atoms with Crippen molar-refractivity contribution in [3.8, 4) is 16.9 Å². The lowest BCUT2D eigenvalue weighted by molar-refractivity contribution is -0.145. The Hall–Kier alpha value is -3.69. The number of carbonyl (C=O) groups excluding carboxylic acids is 1. The lowest BCUT2D eigenvalue weighted by Crippen LogP contribution is -2.37. The number of imidazole rings is 1. The molecule has 33 heavy (non-hydrogen) atoms. The highest BCUT2D eigenvalue weighted by Gasteiger charge is 2.36. The second-order valence-corrected chi connectivity index (χ2v) is 7.66. The molecule has 7 nitrogen and oxygen atoms in total. The van der Waals surface area contributed by atoms with Crippen LogP contribution in [-0.2, 0) is 11.0 Å². The van der Waals surface area contributed by atoms with Crippen LogP contribution in [0.1, 0.15) is 36.0 Å². The quantitative estimate of drug-likeness (QED) is 0.577. The molecule has 1 N–H and O–H groups in total. The molecule has 0 radical (unpaired) electrons. The largest absolute Gasteiger partial charge is 0.497 e. The van der Waals surface area contributed by atoms with E-state index in [9.17, 15) is 18.0 Å². The highest BCUT2D eigenvalue weighted by Crippen LogP contribution is 2.37. The minimum atomic E-state index is -4.64. The molecular weight excluding hydrogens is 435 g/mol. The highest BCUT2D eigenvalue weighted by atomic mass is 19.4. The second-order valence-electron chi connectivity index (χ2n) is 7.66. The number of likely N-dealkylation sites (tertiary alicyclic amines) is 1. The van der Waals surface area contributed by atoms with E-state index < -0.39 is 12.0 Å². The fourth-order valence-corrected chi connectivity index (χ4v) is 3.85. The van der Waals surface area contributed by atoms with Gasteiger partial charge >= 0.3 is 6.18 Å². The Bertz CT molecular complexity index is 1140. The van der Waals surface area contributed by atoms with Gasteiger partial charge in [-0.1, -0.05) is 12.1 Å². The first kappa shape index (κ1) is 22.5. The van der Waals surface area contributed by atoms with E-state index in [1.807, 2.05) is 0 Å². The van der Waals surface area contributed by atoms with Crippen molar-refractivity contribution in [2.45, 2.75) is 24.9 Å². The van der Waals surface area contributed by atoms with Crippen LogP contribution in [0.5, 0.6) is 5.75 Å². The molecule has 1 saturated heterocycles. The molecule has 2 aromatic heterocycles. The summed E-state index contributed by atoms with van der Waals surface area (Å²) >= 11 is 0. The molecule has 1 aliphatic rings. The van der Waals surface area contributed by atoms with Crippen LogP contribution in [0.15, 0.2) is 49.1 Å². The average molecular weight is 457 g/mol. The normalized spacial score (nSPS) is 15.2. The van der Waals surface area contributed by atoms with Crippen LogP contribution in [0.2, 0.25) is 0 Å². The van der Waals surface area contributed by atoms with Crippen LogP contribution in [0.3, 0.4) is 0 Å². The number of aromatic amines is 1. The van der Waals surface area contributed by atoms with Gasteiger partial charge in [0.1, 0.15) is 5.75 Å². The monoisotopic (exact) mass is 457 g/mol. The van der Waals surface area contributed by atoms with Gasteiger partial charge in [-0.3, -0.25) is 4.79 Å². The lowest BCUT2D eigenvalue weighted by Gasteiger charge is -2.32. The molecule has 3 aromatic rings. The number of H-pyrrole nitrogens is 1. The summed E-state index contributed by atoms with van der Waals surface area (Å²) in [4.78, 5) is 28.5. The van der Waals surface area contributed by atoms with E-state index in [2.05, 4.69) is 19.9 Å². The molecule has 10 heteroatoms. The molecule has 0 spiro atoms. The van der Waals surface area contributed by atoms with Crippen LogP contribution >= 0.6 is 0 Å². The Morgan fingerprint density at radius 3 is 2.70 bits per heavy atom. The minimum absolute atomic E-state index is 0.158. The number of methoxy groups -OCH3 is 1. The molecule has 1 aromatic carbocycles. The highest BCUT2D eigenvalue weighted by molar-refractivity contribution is 5.91. The Balaban J connectivity index is 1.56. The molecule has 1 amide bonds. The van der Waals surface area contributed by atoms with E-state index in [0.29, 0.717) is 54.2 Å². The van der Waals surface area contributed by atoms with Gasteiger partial charge in [0.2, 0.25) is 11.7 Å². The lowest BCUT2D eigenvalue weighted by atomic mass is 9.88. The first-order valence-corrected chi connectivity index (χ1v) is 10.4. The Morgan fingerprint density at radius 1 is 1.24 bits per heavy atom. The number of alkyl halides is 3. The van der Waals surface area contributed by atoms with Gasteiger partial charge in [-0.15, -0.1) is 0 Å². The van der Waals surface area contributed by atoms with Crippen molar-refractivity contribution in [3.05, 3.63) is 66.3 Å². The number of halogens is 3. The molecule has 4 rings (SSSR count). The first-order chi connectivity index (χ1) is 15.8. The van der Waals surface area contributed by atoms with Crippen molar-refractivity contribution in [1.82, 2.24) is 24.8 Å². The van der Waals surface area contributed by atoms with Gasteiger partial charge in [0.05, 0.1) is 31.0 Å². The summed E-state index contributed by atoms with van der Waals surface area (Å²) in [7, 11) is 1.52. The van der Waals surface area contributed by atoms with Crippen molar-refractivity contribution in [2.75, 3.05) is 20.2 Å². The number of ether oxygens (including phenoxy) is 1. The summed E-state index contributed by atoms with van der Waals surface area (Å²) in [6.07, 6.45) is 3.80. The van der Waals surface area contributed by atoms with E-state index in [4.69, 9.17) is 4.74 Å². The molecule has 1 aliphatic heterocycles. The number of nitrogens with zero attached hydrogens (tertiary/aromatic N) is 4. The Morgan fingerprint density at radius 2 is 2.03 bits per heavy atom. The molecule has 0 bridgehead atoms. The fraction of sp³-hybridized carbons (Fsp3) is 0.304. The predicted octanol–water partition coefficient (Wildman–Crippen LogP) is 4.31. The van der Waals surface area contributed by atoms with Crippen LogP contribution in [0.25, 0.3) is 17.2 Å². The minimum Gasteiger partial charge on any atom is -0.497 e. The third kappa shape index (κ3) is 5.21. The summed E-state index contributed by atoms with van der Waals surface area (Å²) < 4.78 is 45.3. The van der Waals surface area contributed by atoms with Crippen molar-refractivity contribution < 1.29 is 22.7 Å². The van der Waals surface area contributed by atoms with E-state index in [-0.39, 0.29) is 11.8 Å². The molecule has 0 atom stereocenters. The molecule has 1 fully saturated rings. The molecular formula is C23H22F3N5O2. The number of amides is 1. The number of aromatic nitrogens is 4. The van der Waals surface area contributed by atoms with E-state index in [0.717, 1.165) is 0 Å². The zero-order valence-electron chi connectivity index (χ0n) is 17.8. The van der Waals surface area contributed by atoms with E-state index >= 15 is 0 Å². The van der Waals surface area contributed by atoms with Crippen molar-refractivity contribution in [2.24, 2.45) is 0 Å². The zero-order valence-corrected chi connectivity index (χ0v) is 17.8. The predicted molar refractivity (Wildman–Crippen MR) is 115 cm³/mol. The third-order valence-corrected chi connectivity index (χ3v) is 5.57. The van der Waals surface area contributed by atoms with Gasteiger partial charge in [0.15, 0.2) is 0 Å². The number of hydrogen-bond donors (Lipinski definition) is 1. The number of hydrogen-bond acceptors (Lipinski definition) is 5. The smallest absolute Gasteiger partial charge is 0.451 e. The number of piperidine rings is 1. The van der Waals surface area contributed by atoms with Crippen molar-refractivity contribution in [1.29, 1.82) is 0 Å². The van der Waals surface area contributed by atoms with Crippen LogP contribution < -0.4 is 4.74 Å². The summed E-state index contributed by atoms with van der Waals surface area (Å²) in [6, 6.07) is 7.06. The summed E-state index contributed by atoms with van der Waals surface area (Å²) in [5.74, 6) is -0.973. The Kier molecular flexibility index (Phi) is 6.43. The number of rotatable bonds is 5. The van der Waals surface area contributed by atoms with E-state index in [1.54, 1.807) is 41.4 Å². The molecule has 0 unspecified atom stereocenters. The Labute approximate surface area is 188 Å². The standard InChI is InChI=1S/C23H22F3N5O2/c1-33-18-4-2-3-16(11-18)19-13-28-22(23(24,25)26)30-21(19)15-7-9-31(10-8-15)20(32)6-5-17-12-27-14-29-17/h2-6,11-15H,7-10H2,1H3,(H,27,29)/b6-5+. The van der Waals surface area contributed by atoms with Gasteiger partial charge < -0.3 is 14.6 Å². The van der Waals surface area contributed by atoms with Gasteiger partial charge in [0, 0.05) is 36.8 Å². The van der Waals surface area contributed by atoms with Crippen molar-refractivity contribution >= 4 is 12.0 Å². The fourth-order valence-electron chi connectivity index (χ4n) is 3.85.